The van der Waals surface area contributed by atoms with Gasteiger partial charge in [0, 0.05) is 48.5 Å². The molecule has 5 rings (SSSR count). The standard InChI is InChI=1S/C30H37N3S/c1-33(2,3)23-11-20-31-22-19-24(26-13-6-7-14-27(26)31)17-18-25-12-5-4-10-21-32-28-15-8-9-16-29(28)34-30(25)32/h6-9,13-19,22H,4-5,10-12,20-21,23H2,1-3H3/q+2. The second-order valence-corrected chi connectivity index (χ2v) is 11.6. The summed E-state index contributed by atoms with van der Waals surface area (Å²) >= 11 is 1.95. The fraction of sp³-hybridized carbons (Fsp3) is 0.367. The molecule has 0 unspecified atom stereocenters. The first-order valence-electron chi connectivity index (χ1n) is 12.7. The van der Waals surface area contributed by atoms with Crippen molar-refractivity contribution in [2.45, 2.75) is 38.6 Å². The molecule has 176 valence electrons. The van der Waals surface area contributed by atoms with Gasteiger partial charge in [-0.1, -0.05) is 53.8 Å². The number of aryl methyl sites for hydroxylation is 1. The SMILES string of the molecule is C[N+](C)(C)CCCN1C=CC(=CC=C2CCCCC[n+]3c2sc2ccccc23)c2ccccc21. The summed E-state index contributed by atoms with van der Waals surface area (Å²) < 4.78 is 4.96. The van der Waals surface area contributed by atoms with Gasteiger partial charge in [-0.25, -0.2) is 0 Å². The van der Waals surface area contributed by atoms with Crippen molar-refractivity contribution in [1.29, 1.82) is 0 Å². The number of allylic oxidation sites excluding steroid dienone is 5. The maximum Gasteiger partial charge on any atom is 0.265 e. The third-order valence-electron chi connectivity index (χ3n) is 6.86. The summed E-state index contributed by atoms with van der Waals surface area (Å²) in [5.41, 5.74) is 6.83. The highest BCUT2D eigenvalue weighted by Gasteiger charge is 2.25. The van der Waals surface area contributed by atoms with Crippen LogP contribution in [0.15, 0.2) is 73.0 Å². The van der Waals surface area contributed by atoms with Crippen LogP contribution in [-0.2, 0) is 6.54 Å². The molecule has 2 aliphatic heterocycles. The van der Waals surface area contributed by atoms with Crippen LogP contribution < -0.4 is 9.47 Å². The van der Waals surface area contributed by atoms with Gasteiger partial charge < -0.3 is 9.38 Å². The minimum Gasteiger partial charge on any atom is -0.347 e. The van der Waals surface area contributed by atoms with Crippen molar-refractivity contribution in [3.8, 4) is 0 Å². The Hall–Kier alpha value is -2.69. The third-order valence-corrected chi connectivity index (χ3v) is 8.10. The lowest BCUT2D eigenvalue weighted by Crippen LogP contribution is -2.37. The highest BCUT2D eigenvalue weighted by atomic mass is 32.1. The summed E-state index contributed by atoms with van der Waals surface area (Å²) in [7, 11) is 6.80. The quantitative estimate of drug-likeness (QED) is 0.298. The van der Waals surface area contributed by atoms with Crippen molar-refractivity contribution < 1.29 is 9.05 Å². The predicted octanol–water partition coefficient (Wildman–Crippen LogP) is 6.66. The van der Waals surface area contributed by atoms with E-state index in [9.17, 15) is 0 Å². The van der Waals surface area contributed by atoms with Gasteiger partial charge in [0.2, 0.25) is 5.52 Å². The van der Waals surface area contributed by atoms with Crippen LogP contribution in [0, 0.1) is 0 Å². The number of quaternary nitrogens is 1. The van der Waals surface area contributed by atoms with E-state index >= 15 is 0 Å². The van der Waals surface area contributed by atoms with Crippen LogP contribution in [0.5, 0.6) is 0 Å². The number of hydrogen-bond donors (Lipinski definition) is 0. The molecule has 3 aromatic rings. The van der Waals surface area contributed by atoms with Gasteiger partial charge >= 0.3 is 0 Å². The highest BCUT2D eigenvalue weighted by Crippen LogP contribution is 2.35. The summed E-state index contributed by atoms with van der Waals surface area (Å²) in [6.07, 6.45) is 15.5. The van der Waals surface area contributed by atoms with Crippen LogP contribution in [0.2, 0.25) is 0 Å². The molecule has 0 N–H and O–H groups in total. The maximum absolute atomic E-state index is 2.56. The first-order chi connectivity index (χ1) is 16.5. The lowest BCUT2D eigenvalue weighted by Gasteiger charge is -2.29. The molecule has 3 nitrogen and oxygen atoms in total. The molecule has 3 heterocycles. The summed E-state index contributed by atoms with van der Waals surface area (Å²) in [6, 6.07) is 17.7. The third kappa shape index (κ3) is 5.03. The Kier molecular flexibility index (Phi) is 6.71. The van der Waals surface area contributed by atoms with E-state index in [0.717, 1.165) is 24.0 Å². The number of nitrogens with zero attached hydrogens (tertiary/aromatic N) is 3. The fourth-order valence-electron chi connectivity index (χ4n) is 5.07. The minimum absolute atomic E-state index is 1.01. The van der Waals surface area contributed by atoms with E-state index in [4.69, 9.17) is 0 Å². The lowest BCUT2D eigenvalue weighted by atomic mass is 9.98. The highest BCUT2D eigenvalue weighted by molar-refractivity contribution is 7.19. The molecule has 0 atom stereocenters. The fourth-order valence-corrected chi connectivity index (χ4v) is 6.31. The second kappa shape index (κ2) is 9.89. The molecular weight excluding hydrogens is 434 g/mol. The number of benzene rings is 2. The molecule has 0 saturated heterocycles. The molecule has 2 aliphatic rings. The number of para-hydroxylation sites is 2. The van der Waals surface area contributed by atoms with Crippen molar-refractivity contribution >= 4 is 38.4 Å². The van der Waals surface area contributed by atoms with Crippen LogP contribution >= 0.6 is 11.3 Å². The van der Waals surface area contributed by atoms with E-state index in [2.05, 4.69) is 104 Å². The van der Waals surface area contributed by atoms with Gasteiger partial charge in [-0.3, -0.25) is 0 Å². The van der Waals surface area contributed by atoms with Crippen molar-refractivity contribution in [1.82, 2.24) is 0 Å². The van der Waals surface area contributed by atoms with Gasteiger partial charge in [-0.05, 0) is 43.0 Å². The average Bonchev–Trinajstić information content (AvgIpc) is 3.16. The molecular formula is C30H37N3S+2. The average molecular weight is 472 g/mol. The molecule has 0 bridgehead atoms. The number of fused-ring (bicyclic) bond motifs is 4. The van der Waals surface area contributed by atoms with E-state index in [1.165, 1.54) is 69.8 Å². The molecule has 34 heavy (non-hydrogen) atoms. The maximum atomic E-state index is 2.56. The molecule has 2 aromatic carbocycles. The van der Waals surface area contributed by atoms with E-state index < -0.39 is 0 Å². The van der Waals surface area contributed by atoms with Crippen molar-refractivity contribution in [2.24, 2.45) is 0 Å². The van der Waals surface area contributed by atoms with Crippen LogP contribution in [-0.4, -0.2) is 38.7 Å². The predicted molar refractivity (Wildman–Crippen MR) is 147 cm³/mol. The Bertz CT molecular complexity index is 1260. The topological polar surface area (TPSA) is 7.12 Å². The molecule has 0 radical (unpaired) electrons. The summed E-state index contributed by atoms with van der Waals surface area (Å²) in [5, 5.41) is 1.44. The Morgan fingerprint density at radius 2 is 1.79 bits per heavy atom. The van der Waals surface area contributed by atoms with Gasteiger partial charge in [0.05, 0.1) is 27.7 Å². The normalized spacial score (nSPS) is 18.7. The summed E-state index contributed by atoms with van der Waals surface area (Å²) in [5.74, 6) is 0. The zero-order valence-corrected chi connectivity index (χ0v) is 21.7. The zero-order valence-electron chi connectivity index (χ0n) is 20.8. The van der Waals surface area contributed by atoms with Crippen molar-refractivity contribution in [3.05, 3.63) is 83.5 Å². The van der Waals surface area contributed by atoms with Gasteiger partial charge in [0.25, 0.3) is 5.01 Å². The molecule has 0 saturated carbocycles. The van der Waals surface area contributed by atoms with Crippen molar-refractivity contribution in [3.63, 3.8) is 0 Å². The van der Waals surface area contributed by atoms with Crippen LogP contribution in [0.1, 0.15) is 42.7 Å². The largest absolute Gasteiger partial charge is 0.347 e. The molecule has 0 aliphatic carbocycles. The van der Waals surface area contributed by atoms with E-state index in [1.54, 1.807) is 0 Å². The summed E-state index contributed by atoms with van der Waals surface area (Å²) in [6.45, 7) is 3.36. The lowest BCUT2D eigenvalue weighted by molar-refractivity contribution is -0.870. The zero-order chi connectivity index (χ0) is 23.5. The minimum atomic E-state index is 1.01. The number of hydrogen-bond acceptors (Lipinski definition) is 2. The Balaban J connectivity index is 1.46. The van der Waals surface area contributed by atoms with Crippen LogP contribution in [0.4, 0.5) is 5.69 Å². The smallest absolute Gasteiger partial charge is 0.265 e. The first-order valence-corrected chi connectivity index (χ1v) is 13.5. The van der Waals surface area contributed by atoms with Crippen LogP contribution in [0.25, 0.3) is 21.4 Å². The molecule has 0 fully saturated rings. The number of aromatic nitrogens is 1. The van der Waals surface area contributed by atoms with Gasteiger partial charge in [0.15, 0.2) is 6.54 Å². The Morgan fingerprint density at radius 1 is 0.971 bits per heavy atom. The van der Waals surface area contributed by atoms with E-state index in [0.29, 0.717) is 0 Å². The van der Waals surface area contributed by atoms with Gasteiger partial charge in [-0.15, -0.1) is 0 Å². The second-order valence-electron chi connectivity index (χ2n) is 10.5. The Morgan fingerprint density at radius 3 is 2.68 bits per heavy atom. The molecule has 0 spiro atoms. The molecule has 0 amide bonds. The summed E-state index contributed by atoms with van der Waals surface area (Å²) in [4.78, 5) is 2.42. The number of anilines is 1. The molecule has 1 aromatic heterocycles. The van der Waals surface area contributed by atoms with Crippen LogP contribution in [0.3, 0.4) is 0 Å². The van der Waals surface area contributed by atoms with E-state index in [-0.39, 0.29) is 0 Å². The number of thiazole rings is 1. The monoisotopic (exact) mass is 471 g/mol. The van der Waals surface area contributed by atoms with Gasteiger partial charge in [-0.2, -0.15) is 4.57 Å². The number of rotatable bonds is 5. The first kappa shape index (κ1) is 23.1. The van der Waals surface area contributed by atoms with Crippen molar-refractivity contribution in [2.75, 3.05) is 39.1 Å². The van der Waals surface area contributed by atoms with E-state index in [1.807, 2.05) is 11.3 Å². The Labute approximate surface area is 208 Å². The molecule has 4 heteroatoms. The van der Waals surface area contributed by atoms with Gasteiger partial charge in [0.1, 0.15) is 4.70 Å².